The molecule has 0 aliphatic rings. The Labute approximate surface area is 103 Å². The molecule has 0 saturated carbocycles. The van der Waals surface area contributed by atoms with Gasteiger partial charge in [0.05, 0.1) is 0 Å². The van der Waals surface area contributed by atoms with Crippen LogP contribution < -0.4 is 5.14 Å². The zero-order chi connectivity index (χ0) is 11.8. The van der Waals surface area contributed by atoms with Crippen molar-refractivity contribution in [2.24, 2.45) is 5.14 Å². The Hall–Kier alpha value is -0.0600. The van der Waals surface area contributed by atoms with E-state index in [4.69, 9.17) is 16.7 Å². The van der Waals surface area contributed by atoms with Gasteiger partial charge < -0.3 is 0 Å². The Morgan fingerprint density at radius 1 is 1.53 bits per heavy atom. The third-order valence-electron chi connectivity index (χ3n) is 1.41. The summed E-state index contributed by atoms with van der Waals surface area (Å²) in [5.74, 6) is 0. The minimum absolute atomic E-state index is 0.0189. The zero-order valence-corrected chi connectivity index (χ0v) is 10.6. The van der Waals surface area contributed by atoms with Crippen molar-refractivity contribution in [3.05, 3.63) is 20.5 Å². The van der Waals surface area contributed by atoms with Gasteiger partial charge in [-0.05, 0) is 28.7 Å². The van der Waals surface area contributed by atoms with Gasteiger partial charge in [0.15, 0.2) is 5.15 Å². The molecule has 0 spiro atoms. The molecule has 0 bridgehead atoms. The molecule has 0 atom stereocenters. The highest BCUT2D eigenvalue weighted by Gasteiger charge is 2.22. The first kappa shape index (κ1) is 13.0. The lowest BCUT2D eigenvalue weighted by Gasteiger charge is -2.06. The SMILES string of the molecule is NS(=O)(=O)c1c(I)cc(C(F)F)nc1Cl. The van der Waals surface area contributed by atoms with Crippen molar-refractivity contribution in [2.75, 3.05) is 0 Å². The topological polar surface area (TPSA) is 73.1 Å². The van der Waals surface area contributed by atoms with Crippen LogP contribution in [0.25, 0.3) is 0 Å². The molecular formula is C6H4ClF2IN2O2S. The molecular weight excluding hydrogens is 364 g/mol. The van der Waals surface area contributed by atoms with Crippen LogP contribution in [0.5, 0.6) is 0 Å². The standard InChI is InChI=1S/C6H4ClF2IN2O2S/c7-5-4(15(11,13)14)2(10)1-3(12-5)6(8)9/h1,6H,(H2,11,13,14). The lowest BCUT2D eigenvalue weighted by Crippen LogP contribution is -2.15. The van der Waals surface area contributed by atoms with E-state index in [-0.39, 0.29) is 3.57 Å². The quantitative estimate of drug-likeness (QED) is 0.640. The van der Waals surface area contributed by atoms with Gasteiger partial charge in [-0.1, -0.05) is 11.6 Å². The van der Waals surface area contributed by atoms with Crippen molar-refractivity contribution in [3.63, 3.8) is 0 Å². The lowest BCUT2D eigenvalue weighted by atomic mass is 10.4. The summed E-state index contributed by atoms with van der Waals surface area (Å²) in [5, 5.41) is 4.30. The van der Waals surface area contributed by atoms with Gasteiger partial charge in [0.1, 0.15) is 10.6 Å². The molecule has 0 aliphatic heterocycles. The van der Waals surface area contributed by atoms with E-state index >= 15 is 0 Å². The van der Waals surface area contributed by atoms with E-state index < -0.39 is 32.2 Å². The van der Waals surface area contributed by atoms with E-state index in [9.17, 15) is 17.2 Å². The first-order valence-electron chi connectivity index (χ1n) is 3.40. The Morgan fingerprint density at radius 3 is 2.40 bits per heavy atom. The number of sulfonamides is 1. The van der Waals surface area contributed by atoms with Gasteiger partial charge in [0, 0.05) is 3.57 Å². The van der Waals surface area contributed by atoms with E-state index in [0.29, 0.717) is 0 Å². The normalized spacial score (nSPS) is 12.1. The molecule has 0 aliphatic carbocycles. The summed E-state index contributed by atoms with van der Waals surface area (Å²) in [6.45, 7) is 0. The predicted molar refractivity (Wildman–Crippen MR) is 58.3 cm³/mol. The van der Waals surface area contributed by atoms with Crippen LogP contribution in [0.3, 0.4) is 0 Å². The van der Waals surface area contributed by atoms with E-state index in [1.165, 1.54) is 0 Å². The minimum atomic E-state index is -4.05. The summed E-state index contributed by atoms with van der Waals surface area (Å²) in [5.41, 5.74) is -0.586. The van der Waals surface area contributed by atoms with Crippen LogP contribution in [-0.2, 0) is 10.0 Å². The monoisotopic (exact) mass is 368 g/mol. The molecule has 84 valence electrons. The molecule has 0 amide bonds. The summed E-state index contributed by atoms with van der Waals surface area (Å²) < 4.78 is 46.6. The van der Waals surface area contributed by atoms with E-state index in [1.807, 2.05) is 0 Å². The van der Waals surface area contributed by atoms with Gasteiger partial charge in [0.25, 0.3) is 6.43 Å². The summed E-state index contributed by atoms with van der Waals surface area (Å²) in [6, 6.07) is 0.927. The van der Waals surface area contributed by atoms with Crippen LogP contribution in [0.15, 0.2) is 11.0 Å². The maximum absolute atomic E-state index is 12.3. The molecule has 1 aromatic rings. The number of hydrogen-bond donors (Lipinski definition) is 1. The van der Waals surface area contributed by atoms with Crippen LogP contribution in [-0.4, -0.2) is 13.4 Å². The number of nitrogens with two attached hydrogens (primary N) is 1. The molecule has 15 heavy (non-hydrogen) atoms. The van der Waals surface area contributed by atoms with Crippen molar-refractivity contribution >= 4 is 44.2 Å². The van der Waals surface area contributed by atoms with Gasteiger partial charge in [-0.3, -0.25) is 0 Å². The fourth-order valence-corrected chi connectivity index (χ4v) is 3.64. The highest BCUT2D eigenvalue weighted by molar-refractivity contribution is 14.1. The molecule has 0 fully saturated rings. The molecule has 1 heterocycles. The minimum Gasteiger partial charge on any atom is -0.234 e. The Kier molecular flexibility index (Phi) is 3.85. The van der Waals surface area contributed by atoms with Crippen molar-refractivity contribution in [1.82, 2.24) is 4.98 Å². The molecule has 0 radical (unpaired) electrons. The summed E-state index contributed by atoms with van der Waals surface area (Å²) in [7, 11) is -4.05. The molecule has 2 N–H and O–H groups in total. The Bertz CT molecular complexity index is 471. The second kappa shape index (κ2) is 4.44. The summed E-state index contributed by atoms with van der Waals surface area (Å²) >= 11 is 7.01. The number of rotatable bonds is 2. The van der Waals surface area contributed by atoms with E-state index in [2.05, 4.69) is 4.98 Å². The van der Waals surface area contributed by atoms with Crippen molar-refractivity contribution < 1.29 is 17.2 Å². The van der Waals surface area contributed by atoms with Gasteiger partial charge in [-0.2, -0.15) is 0 Å². The fraction of sp³-hybridized carbons (Fsp3) is 0.167. The molecule has 0 unspecified atom stereocenters. The second-order valence-corrected chi connectivity index (χ2v) is 5.51. The molecule has 9 heteroatoms. The van der Waals surface area contributed by atoms with E-state index in [1.54, 1.807) is 22.6 Å². The second-order valence-electron chi connectivity index (χ2n) is 2.49. The molecule has 4 nitrogen and oxygen atoms in total. The number of primary sulfonamides is 1. The number of aromatic nitrogens is 1. The van der Waals surface area contributed by atoms with Crippen LogP contribution in [0, 0.1) is 3.57 Å². The highest BCUT2D eigenvalue weighted by Crippen LogP contribution is 2.28. The van der Waals surface area contributed by atoms with Gasteiger partial charge in [0.2, 0.25) is 10.0 Å². The van der Waals surface area contributed by atoms with Crippen molar-refractivity contribution in [1.29, 1.82) is 0 Å². The first-order valence-corrected chi connectivity index (χ1v) is 6.40. The number of pyridine rings is 1. The first-order chi connectivity index (χ1) is 6.73. The smallest absolute Gasteiger partial charge is 0.234 e. The van der Waals surface area contributed by atoms with Crippen LogP contribution in [0.4, 0.5) is 8.78 Å². The summed E-state index contributed by atoms with van der Waals surface area (Å²) in [6.07, 6.45) is -2.81. The van der Waals surface area contributed by atoms with E-state index in [0.717, 1.165) is 6.07 Å². The maximum Gasteiger partial charge on any atom is 0.280 e. The maximum atomic E-state index is 12.3. The molecule has 1 rings (SSSR count). The largest absolute Gasteiger partial charge is 0.280 e. The van der Waals surface area contributed by atoms with Crippen LogP contribution >= 0.6 is 34.2 Å². The van der Waals surface area contributed by atoms with Gasteiger partial charge in [-0.25, -0.2) is 27.3 Å². The van der Waals surface area contributed by atoms with Gasteiger partial charge in [-0.15, -0.1) is 0 Å². The van der Waals surface area contributed by atoms with Gasteiger partial charge >= 0.3 is 0 Å². The van der Waals surface area contributed by atoms with Crippen LogP contribution in [0.2, 0.25) is 5.15 Å². The lowest BCUT2D eigenvalue weighted by molar-refractivity contribution is 0.146. The number of alkyl halides is 2. The third kappa shape index (κ3) is 2.95. The van der Waals surface area contributed by atoms with Crippen molar-refractivity contribution in [3.8, 4) is 0 Å². The average molecular weight is 369 g/mol. The predicted octanol–water partition coefficient (Wildman–Crippen LogP) is 1.92. The molecule has 0 aromatic carbocycles. The van der Waals surface area contributed by atoms with Crippen molar-refractivity contribution in [2.45, 2.75) is 11.3 Å². The number of hydrogen-bond acceptors (Lipinski definition) is 3. The molecule has 0 saturated heterocycles. The average Bonchev–Trinajstić information content (AvgIpc) is 1.99. The fourth-order valence-electron chi connectivity index (χ4n) is 0.855. The highest BCUT2D eigenvalue weighted by atomic mass is 127. The molecule has 1 aromatic heterocycles. The zero-order valence-electron chi connectivity index (χ0n) is 6.92. The Balaban J connectivity index is 3.48. The Morgan fingerprint density at radius 2 is 2.07 bits per heavy atom. The summed E-state index contributed by atoms with van der Waals surface area (Å²) in [4.78, 5) is 2.82. The van der Waals surface area contributed by atoms with Crippen LogP contribution in [0.1, 0.15) is 12.1 Å². The number of nitrogens with zero attached hydrogens (tertiary/aromatic N) is 1. The number of halogens is 4. The third-order valence-corrected chi connectivity index (χ3v) is 4.00.